The molecule has 0 aliphatic heterocycles. The van der Waals surface area contributed by atoms with Crippen molar-refractivity contribution in [3.05, 3.63) is 24.8 Å². The molecule has 0 aromatic rings. The van der Waals surface area contributed by atoms with Crippen molar-refractivity contribution in [3.8, 4) is 0 Å². The van der Waals surface area contributed by atoms with Crippen LogP contribution in [0.25, 0.3) is 0 Å². The monoisotopic (exact) mass is 266 g/mol. The average Bonchev–Trinajstić information content (AvgIpc) is 2.38. The third kappa shape index (κ3) is 3.46. The molecule has 0 unspecified atom stereocenters. The molecule has 0 aromatic heterocycles. The first kappa shape index (κ1) is 15.5. The Balaban J connectivity index is 2.86. The number of hydrogen-bond donors (Lipinski definition) is 0. The Morgan fingerprint density at radius 3 is 2.16 bits per heavy atom. The summed E-state index contributed by atoms with van der Waals surface area (Å²) in [5, 5.41) is 0. The zero-order valence-electron chi connectivity index (χ0n) is 11.7. The summed E-state index contributed by atoms with van der Waals surface area (Å²) in [7, 11) is 2.55. The lowest BCUT2D eigenvalue weighted by atomic mass is 9.79. The van der Waals surface area contributed by atoms with E-state index in [1.807, 2.05) is 6.08 Å². The minimum atomic E-state index is -1.30. The van der Waals surface area contributed by atoms with E-state index in [1.54, 1.807) is 6.08 Å². The van der Waals surface area contributed by atoms with Gasteiger partial charge in [0.2, 0.25) is 0 Å². The van der Waals surface area contributed by atoms with E-state index in [0.29, 0.717) is 5.92 Å². The van der Waals surface area contributed by atoms with Gasteiger partial charge in [-0.3, -0.25) is 9.59 Å². The van der Waals surface area contributed by atoms with Crippen molar-refractivity contribution in [2.75, 3.05) is 14.2 Å². The fourth-order valence-electron chi connectivity index (χ4n) is 2.23. The molecule has 0 amide bonds. The molecular weight excluding hydrogens is 244 g/mol. The van der Waals surface area contributed by atoms with Crippen LogP contribution in [0, 0.1) is 11.3 Å². The van der Waals surface area contributed by atoms with Crippen LogP contribution in [0.1, 0.15) is 32.1 Å². The molecule has 0 heterocycles. The average molecular weight is 266 g/mol. The van der Waals surface area contributed by atoms with Crippen LogP contribution < -0.4 is 0 Å². The second kappa shape index (κ2) is 7.12. The molecule has 4 nitrogen and oxygen atoms in total. The molecular formula is C15H22O4. The quantitative estimate of drug-likeness (QED) is 0.404. The minimum absolute atomic E-state index is 0.210. The van der Waals surface area contributed by atoms with Gasteiger partial charge in [-0.25, -0.2) is 0 Å². The number of methoxy groups -OCH3 is 2. The second-order valence-corrected chi connectivity index (χ2v) is 4.88. The number of carbonyl (C=O) groups excluding carboxylic acids is 2. The highest BCUT2D eigenvalue weighted by molar-refractivity contribution is 6.00. The van der Waals surface area contributed by atoms with Crippen LogP contribution >= 0.6 is 0 Å². The Hall–Kier alpha value is -1.58. The first-order valence-corrected chi connectivity index (χ1v) is 6.55. The van der Waals surface area contributed by atoms with Gasteiger partial charge in [0.1, 0.15) is 0 Å². The molecule has 0 atom stereocenters. The highest BCUT2D eigenvalue weighted by Gasteiger charge is 2.46. The maximum atomic E-state index is 12.0. The van der Waals surface area contributed by atoms with Gasteiger partial charge in [-0.05, 0) is 31.6 Å². The largest absolute Gasteiger partial charge is 0.468 e. The van der Waals surface area contributed by atoms with Crippen LogP contribution in [-0.2, 0) is 19.1 Å². The first-order valence-electron chi connectivity index (χ1n) is 6.55. The number of esters is 2. The van der Waals surface area contributed by atoms with E-state index in [9.17, 15) is 9.59 Å². The number of rotatable bonds is 7. The van der Waals surface area contributed by atoms with Crippen LogP contribution in [0.3, 0.4) is 0 Å². The van der Waals surface area contributed by atoms with Gasteiger partial charge in [-0.2, -0.15) is 0 Å². The zero-order chi connectivity index (χ0) is 14.3. The van der Waals surface area contributed by atoms with Crippen LogP contribution in [0.15, 0.2) is 24.8 Å². The summed E-state index contributed by atoms with van der Waals surface area (Å²) in [6, 6.07) is 0. The van der Waals surface area contributed by atoms with Crippen molar-refractivity contribution in [2.45, 2.75) is 32.1 Å². The molecule has 0 radical (unpaired) electrons. The van der Waals surface area contributed by atoms with E-state index in [1.165, 1.54) is 33.5 Å². The van der Waals surface area contributed by atoms with Gasteiger partial charge in [0, 0.05) is 0 Å². The van der Waals surface area contributed by atoms with Crippen LogP contribution in [0.5, 0.6) is 0 Å². The van der Waals surface area contributed by atoms with Crippen molar-refractivity contribution in [1.82, 2.24) is 0 Å². The normalized spacial score (nSPS) is 15.9. The van der Waals surface area contributed by atoms with E-state index >= 15 is 0 Å². The maximum absolute atomic E-state index is 12.0. The third-order valence-corrected chi connectivity index (χ3v) is 3.67. The van der Waals surface area contributed by atoms with Gasteiger partial charge in [0.05, 0.1) is 14.2 Å². The Morgan fingerprint density at radius 2 is 1.79 bits per heavy atom. The fourth-order valence-corrected chi connectivity index (χ4v) is 2.23. The summed E-state index contributed by atoms with van der Waals surface area (Å²) in [5.74, 6) is -0.563. The van der Waals surface area contributed by atoms with Crippen molar-refractivity contribution < 1.29 is 19.1 Å². The topological polar surface area (TPSA) is 52.6 Å². The van der Waals surface area contributed by atoms with Crippen molar-refractivity contribution in [2.24, 2.45) is 11.3 Å². The van der Waals surface area contributed by atoms with E-state index in [-0.39, 0.29) is 12.8 Å². The van der Waals surface area contributed by atoms with Crippen LogP contribution in [-0.4, -0.2) is 26.2 Å². The predicted octanol–water partition coefficient (Wildman–Crippen LogP) is 2.64. The van der Waals surface area contributed by atoms with Gasteiger partial charge >= 0.3 is 11.9 Å². The summed E-state index contributed by atoms with van der Waals surface area (Å²) in [6.45, 7) is 3.61. The first-order chi connectivity index (χ1) is 9.10. The zero-order valence-corrected chi connectivity index (χ0v) is 11.7. The lowest BCUT2D eigenvalue weighted by Crippen LogP contribution is -2.40. The molecule has 1 fully saturated rings. The molecule has 1 aliphatic rings. The van der Waals surface area contributed by atoms with Crippen molar-refractivity contribution >= 4 is 11.9 Å². The molecule has 0 spiro atoms. The molecule has 1 rings (SSSR count). The second-order valence-electron chi connectivity index (χ2n) is 4.88. The Bertz CT molecular complexity index is 350. The molecule has 4 heteroatoms. The molecule has 1 saturated carbocycles. The van der Waals surface area contributed by atoms with Gasteiger partial charge in [0.25, 0.3) is 0 Å². The van der Waals surface area contributed by atoms with Gasteiger partial charge in [0.15, 0.2) is 5.41 Å². The summed E-state index contributed by atoms with van der Waals surface area (Å²) in [6.07, 6.45) is 9.62. The summed E-state index contributed by atoms with van der Waals surface area (Å²) in [4.78, 5) is 24.0. The van der Waals surface area contributed by atoms with Crippen LogP contribution in [0.2, 0.25) is 0 Å². The predicted molar refractivity (Wildman–Crippen MR) is 72.4 cm³/mol. The smallest absolute Gasteiger partial charge is 0.323 e. The summed E-state index contributed by atoms with van der Waals surface area (Å²) >= 11 is 0. The maximum Gasteiger partial charge on any atom is 0.323 e. The Labute approximate surface area is 114 Å². The van der Waals surface area contributed by atoms with Gasteiger partial charge in [-0.1, -0.05) is 24.6 Å². The summed E-state index contributed by atoms with van der Waals surface area (Å²) < 4.78 is 9.54. The molecule has 0 saturated heterocycles. The van der Waals surface area contributed by atoms with E-state index in [4.69, 9.17) is 9.47 Å². The molecule has 1 aliphatic carbocycles. The van der Waals surface area contributed by atoms with E-state index < -0.39 is 17.4 Å². The lowest BCUT2D eigenvalue weighted by molar-refractivity contribution is -0.168. The lowest BCUT2D eigenvalue weighted by Gasteiger charge is -2.26. The highest BCUT2D eigenvalue weighted by atomic mass is 16.5. The number of ether oxygens (including phenoxy) is 2. The van der Waals surface area contributed by atoms with Gasteiger partial charge in [-0.15, -0.1) is 6.58 Å². The van der Waals surface area contributed by atoms with Crippen molar-refractivity contribution in [3.63, 3.8) is 0 Å². The summed E-state index contributed by atoms with van der Waals surface area (Å²) in [5.41, 5.74) is -1.30. The minimum Gasteiger partial charge on any atom is -0.468 e. The third-order valence-electron chi connectivity index (χ3n) is 3.67. The molecule has 0 aromatic carbocycles. The fraction of sp³-hybridized carbons (Fsp3) is 0.600. The van der Waals surface area contributed by atoms with Crippen molar-refractivity contribution in [1.29, 1.82) is 0 Å². The van der Waals surface area contributed by atoms with Crippen LogP contribution in [0.4, 0.5) is 0 Å². The van der Waals surface area contributed by atoms with Gasteiger partial charge < -0.3 is 9.47 Å². The molecule has 19 heavy (non-hydrogen) atoms. The number of carbonyl (C=O) groups is 2. The number of hydrogen-bond acceptors (Lipinski definition) is 4. The standard InChI is InChI=1S/C15H22O4/c1-4-10-15(13(16)18-2,14(17)19-3)11-6-9-12-7-5-8-12/h4,6,9,12H,1,5,7-8,10-11H2,2-3H3/b9-6+. The Kier molecular flexibility index (Phi) is 5.80. The Morgan fingerprint density at radius 1 is 1.21 bits per heavy atom. The van der Waals surface area contributed by atoms with E-state index in [2.05, 4.69) is 12.7 Å². The highest BCUT2D eigenvalue weighted by Crippen LogP contribution is 2.33. The molecule has 106 valence electrons. The molecule has 0 N–H and O–H groups in total. The SMILES string of the molecule is C=CCC(C/C=C/C1CCC1)(C(=O)OC)C(=O)OC. The number of allylic oxidation sites excluding steroid dienone is 3. The van der Waals surface area contributed by atoms with E-state index in [0.717, 1.165) is 0 Å². The molecule has 0 bridgehead atoms.